The number of amides is 1. The molecule has 1 spiro atoms. The molecule has 0 bridgehead atoms. The lowest BCUT2D eigenvalue weighted by Gasteiger charge is -2.40. The first-order valence-electron chi connectivity index (χ1n) is 7.32. The van der Waals surface area contributed by atoms with Gasteiger partial charge in [-0.1, -0.05) is 36.8 Å². The maximum absolute atomic E-state index is 12.4. The number of hydrogen-bond acceptors (Lipinski definition) is 2. The molecule has 1 aromatic carbocycles. The van der Waals surface area contributed by atoms with Crippen molar-refractivity contribution in [3.05, 3.63) is 35.9 Å². The number of carbonyl (C=O) groups is 1. The molecule has 0 radical (unpaired) electrons. The first-order valence-corrected chi connectivity index (χ1v) is 7.32. The fourth-order valence-corrected chi connectivity index (χ4v) is 4.21. The highest BCUT2D eigenvalue weighted by Gasteiger charge is 2.60. The van der Waals surface area contributed by atoms with Crippen molar-refractivity contribution in [3.63, 3.8) is 0 Å². The molecule has 0 aromatic heterocycles. The summed E-state index contributed by atoms with van der Waals surface area (Å²) in [6.45, 7) is 0.659. The van der Waals surface area contributed by atoms with Gasteiger partial charge < -0.3 is 9.64 Å². The number of carbonyl (C=O) groups excluding carboxylic acids is 1. The number of nitrogens with zero attached hydrogens (tertiary/aromatic N) is 1. The number of benzene rings is 1. The van der Waals surface area contributed by atoms with Crippen LogP contribution in [0.5, 0.6) is 0 Å². The van der Waals surface area contributed by atoms with E-state index in [4.69, 9.17) is 4.74 Å². The predicted molar refractivity (Wildman–Crippen MR) is 71.3 cm³/mol. The van der Waals surface area contributed by atoms with Crippen LogP contribution >= 0.6 is 0 Å². The minimum Gasteiger partial charge on any atom is -0.353 e. The van der Waals surface area contributed by atoms with E-state index < -0.39 is 0 Å². The zero-order valence-corrected chi connectivity index (χ0v) is 11.0. The van der Waals surface area contributed by atoms with Gasteiger partial charge in [0, 0.05) is 12.3 Å². The first kappa shape index (κ1) is 11.5. The lowest BCUT2D eigenvalue weighted by atomic mass is 9.82. The summed E-state index contributed by atoms with van der Waals surface area (Å²) >= 11 is 0. The highest BCUT2D eigenvalue weighted by molar-refractivity contribution is 5.81. The van der Waals surface area contributed by atoms with Crippen molar-refractivity contribution in [1.82, 2.24) is 4.90 Å². The van der Waals surface area contributed by atoms with Crippen LogP contribution in [0.4, 0.5) is 0 Å². The molecule has 2 unspecified atom stereocenters. The maximum atomic E-state index is 12.4. The third-order valence-electron chi connectivity index (χ3n) is 5.06. The molecule has 0 N–H and O–H groups in total. The Hall–Kier alpha value is -1.35. The van der Waals surface area contributed by atoms with E-state index in [2.05, 4.69) is 17.0 Å². The van der Waals surface area contributed by atoms with Crippen molar-refractivity contribution in [2.24, 2.45) is 5.92 Å². The van der Waals surface area contributed by atoms with Gasteiger partial charge in [-0.15, -0.1) is 0 Å². The molecule has 2 aliphatic heterocycles. The van der Waals surface area contributed by atoms with Gasteiger partial charge in [0.05, 0.1) is 12.6 Å². The Morgan fingerprint density at radius 1 is 1.21 bits per heavy atom. The summed E-state index contributed by atoms with van der Waals surface area (Å²) < 4.78 is 6.21. The minimum absolute atomic E-state index is 0.122. The normalized spacial score (nSPS) is 37.3. The molecule has 2 heterocycles. The fraction of sp³-hybridized carbons (Fsp3) is 0.562. The average molecular weight is 257 g/mol. The van der Waals surface area contributed by atoms with E-state index in [1.165, 1.54) is 18.4 Å². The molecule has 3 fully saturated rings. The molecular weight excluding hydrogens is 238 g/mol. The topological polar surface area (TPSA) is 29.5 Å². The van der Waals surface area contributed by atoms with Gasteiger partial charge in [-0.25, -0.2) is 0 Å². The Labute approximate surface area is 113 Å². The second-order valence-electron chi connectivity index (χ2n) is 5.99. The van der Waals surface area contributed by atoms with Gasteiger partial charge in [-0.3, -0.25) is 4.79 Å². The molecule has 3 atom stereocenters. The van der Waals surface area contributed by atoms with Crippen LogP contribution in [-0.2, 0) is 9.53 Å². The summed E-state index contributed by atoms with van der Waals surface area (Å²) in [4.78, 5) is 14.5. The summed E-state index contributed by atoms with van der Waals surface area (Å²) in [5.74, 6) is 0.709. The van der Waals surface area contributed by atoms with Crippen molar-refractivity contribution in [3.8, 4) is 0 Å². The molecule has 3 nitrogen and oxygen atoms in total. The van der Waals surface area contributed by atoms with Gasteiger partial charge in [0.25, 0.3) is 0 Å². The molecule has 1 aromatic rings. The smallest absolute Gasteiger partial charge is 0.225 e. The first-order chi connectivity index (χ1) is 9.31. The van der Waals surface area contributed by atoms with Crippen molar-refractivity contribution in [1.29, 1.82) is 0 Å². The standard InChI is InChI=1S/C16H19NO2/c18-15-10-13-8-4-5-9-16(13)17(15)14(11-19-16)12-6-2-1-3-7-12/h1-3,6-7,13-14H,4-5,8-11H2/t13?,14?,16-/m1/s1. The Morgan fingerprint density at radius 2 is 2.05 bits per heavy atom. The van der Waals surface area contributed by atoms with Gasteiger partial charge >= 0.3 is 0 Å². The molecule has 1 amide bonds. The molecule has 3 heteroatoms. The van der Waals surface area contributed by atoms with E-state index >= 15 is 0 Å². The number of rotatable bonds is 1. The van der Waals surface area contributed by atoms with Crippen LogP contribution in [0.1, 0.15) is 43.7 Å². The van der Waals surface area contributed by atoms with Crippen LogP contribution in [0.2, 0.25) is 0 Å². The second kappa shape index (κ2) is 4.07. The molecular formula is C16H19NO2. The van der Waals surface area contributed by atoms with Gasteiger partial charge in [0.15, 0.2) is 0 Å². The summed E-state index contributed by atoms with van der Waals surface area (Å²) in [7, 11) is 0. The quantitative estimate of drug-likeness (QED) is 0.774. The van der Waals surface area contributed by atoms with Gasteiger partial charge in [0.1, 0.15) is 5.72 Å². The van der Waals surface area contributed by atoms with E-state index in [1.807, 2.05) is 18.2 Å². The van der Waals surface area contributed by atoms with Crippen LogP contribution in [0.25, 0.3) is 0 Å². The highest BCUT2D eigenvalue weighted by Crippen LogP contribution is 2.53. The molecule has 4 rings (SSSR count). The van der Waals surface area contributed by atoms with Crippen LogP contribution in [0.15, 0.2) is 30.3 Å². The monoisotopic (exact) mass is 257 g/mol. The van der Waals surface area contributed by atoms with Crippen LogP contribution < -0.4 is 0 Å². The Balaban J connectivity index is 1.73. The van der Waals surface area contributed by atoms with E-state index in [0.29, 0.717) is 24.9 Å². The Bertz CT molecular complexity index is 501. The van der Waals surface area contributed by atoms with E-state index in [-0.39, 0.29) is 11.8 Å². The van der Waals surface area contributed by atoms with E-state index in [1.54, 1.807) is 0 Å². The van der Waals surface area contributed by atoms with Gasteiger partial charge in [-0.2, -0.15) is 0 Å². The number of ether oxygens (including phenoxy) is 1. The van der Waals surface area contributed by atoms with Crippen LogP contribution in [0.3, 0.4) is 0 Å². The fourth-order valence-electron chi connectivity index (χ4n) is 4.21. The molecule has 3 aliphatic rings. The lowest BCUT2D eigenvalue weighted by molar-refractivity contribution is -0.146. The highest BCUT2D eigenvalue weighted by atomic mass is 16.5. The van der Waals surface area contributed by atoms with Crippen molar-refractivity contribution >= 4 is 5.91 Å². The minimum atomic E-state index is -0.268. The summed E-state index contributed by atoms with van der Waals surface area (Å²) in [6, 6.07) is 10.4. The van der Waals surface area contributed by atoms with E-state index in [9.17, 15) is 4.79 Å². The van der Waals surface area contributed by atoms with Crippen molar-refractivity contribution in [2.75, 3.05) is 6.61 Å². The summed E-state index contributed by atoms with van der Waals surface area (Å²) in [6.07, 6.45) is 5.27. The summed E-state index contributed by atoms with van der Waals surface area (Å²) in [5, 5.41) is 0. The Kier molecular flexibility index (Phi) is 2.46. The lowest BCUT2D eigenvalue weighted by Crippen LogP contribution is -2.47. The molecule has 2 saturated heterocycles. The molecule has 1 saturated carbocycles. The van der Waals surface area contributed by atoms with Gasteiger partial charge in [0.2, 0.25) is 5.91 Å². The molecule has 1 aliphatic carbocycles. The predicted octanol–water partition coefficient (Wildman–Crippen LogP) is 2.88. The van der Waals surface area contributed by atoms with Crippen molar-refractivity contribution < 1.29 is 9.53 Å². The largest absolute Gasteiger partial charge is 0.353 e. The van der Waals surface area contributed by atoms with E-state index in [0.717, 1.165) is 12.8 Å². The zero-order valence-electron chi connectivity index (χ0n) is 11.0. The second-order valence-corrected chi connectivity index (χ2v) is 5.99. The summed E-state index contributed by atoms with van der Waals surface area (Å²) in [5.41, 5.74) is 0.939. The van der Waals surface area contributed by atoms with Crippen LogP contribution in [0, 0.1) is 5.92 Å². The molecule has 100 valence electrons. The SMILES string of the molecule is O=C1CC2CCCC[C@@]23OCC(c2ccccc2)N13. The number of hydrogen-bond donors (Lipinski definition) is 0. The van der Waals surface area contributed by atoms with Gasteiger partial charge in [-0.05, 0) is 24.8 Å². The zero-order chi connectivity index (χ0) is 12.9. The third kappa shape index (κ3) is 1.51. The third-order valence-corrected chi connectivity index (χ3v) is 5.06. The maximum Gasteiger partial charge on any atom is 0.225 e. The molecule has 19 heavy (non-hydrogen) atoms. The van der Waals surface area contributed by atoms with Crippen LogP contribution in [-0.4, -0.2) is 23.1 Å². The van der Waals surface area contributed by atoms with Crippen molar-refractivity contribution in [2.45, 2.75) is 43.9 Å². The Morgan fingerprint density at radius 3 is 2.89 bits per heavy atom. The average Bonchev–Trinajstić information content (AvgIpc) is 2.95.